The van der Waals surface area contributed by atoms with Gasteiger partial charge >= 0.3 is 0 Å². The van der Waals surface area contributed by atoms with Gasteiger partial charge in [0.25, 0.3) is 0 Å². The van der Waals surface area contributed by atoms with E-state index in [1.165, 1.54) is 13.2 Å². The molecule has 5 heteroatoms. The number of nitrogens with two attached hydrogens (primary N) is 1. The van der Waals surface area contributed by atoms with Gasteiger partial charge in [-0.2, -0.15) is 0 Å². The van der Waals surface area contributed by atoms with E-state index in [-0.39, 0.29) is 28.6 Å². The molecule has 0 saturated carbocycles. The largest absolute Gasteiger partial charge is 0.504 e. The summed E-state index contributed by atoms with van der Waals surface area (Å²) in [6.45, 7) is 0.288. The summed E-state index contributed by atoms with van der Waals surface area (Å²) < 4.78 is 18.1. The lowest BCUT2D eigenvalue weighted by atomic mass is 10.1. The topological polar surface area (TPSA) is 55.5 Å². The first-order valence-electron chi connectivity index (χ1n) is 4.23. The summed E-state index contributed by atoms with van der Waals surface area (Å²) in [4.78, 5) is 0. The Morgan fingerprint density at radius 3 is 2.87 bits per heavy atom. The zero-order chi connectivity index (χ0) is 11.4. The van der Waals surface area contributed by atoms with Crippen molar-refractivity contribution in [2.45, 2.75) is 0 Å². The Kier molecular flexibility index (Phi) is 3.94. The van der Waals surface area contributed by atoms with Gasteiger partial charge in [0.05, 0.1) is 12.1 Å². The molecule has 1 aromatic rings. The second-order valence-corrected chi connectivity index (χ2v) is 3.15. The number of benzene rings is 1. The Morgan fingerprint density at radius 1 is 1.67 bits per heavy atom. The van der Waals surface area contributed by atoms with Crippen molar-refractivity contribution in [1.29, 1.82) is 0 Å². The SMILES string of the molecule is COc1c(O)cc(F)c(Cl)c1/C=C/CN. The van der Waals surface area contributed by atoms with Crippen LogP contribution in [0.3, 0.4) is 0 Å². The minimum absolute atomic E-state index is 0.102. The van der Waals surface area contributed by atoms with Crippen LogP contribution >= 0.6 is 11.6 Å². The van der Waals surface area contributed by atoms with Crippen LogP contribution < -0.4 is 10.5 Å². The van der Waals surface area contributed by atoms with Gasteiger partial charge in [-0.1, -0.05) is 23.8 Å². The first-order chi connectivity index (χ1) is 7.11. The van der Waals surface area contributed by atoms with E-state index in [1.807, 2.05) is 0 Å². The van der Waals surface area contributed by atoms with E-state index in [9.17, 15) is 9.50 Å². The van der Waals surface area contributed by atoms with Gasteiger partial charge in [0.15, 0.2) is 11.5 Å². The highest BCUT2D eigenvalue weighted by atomic mass is 35.5. The summed E-state index contributed by atoms with van der Waals surface area (Å²) in [5, 5.41) is 9.30. The van der Waals surface area contributed by atoms with Gasteiger partial charge in [0.1, 0.15) is 5.82 Å². The van der Waals surface area contributed by atoms with Crippen molar-refractivity contribution in [3.8, 4) is 11.5 Å². The van der Waals surface area contributed by atoms with Gasteiger partial charge in [0.2, 0.25) is 0 Å². The quantitative estimate of drug-likeness (QED) is 0.838. The fraction of sp³-hybridized carbons (Fsp3) is 0.200. The fourth-order valence-electron chi connectivity index (χ4n) is 1.16. The Labute approximate surface area is 91.9 Å². The smallest absolute Gasteiger partial charge is 0.169 e. The molecule has 0 aliphatic heterocycles. The molecule has 0 spiro atoms. The molecule has 0 aliphatic carbocycles. The van der Waals surface area contributed by atoms with Crippen LogP contribution in [0.15, 0.2) is 12.1 Å². The van der Waals surface area contributed by atoms with E-state index in [0.29, 0.717) is 0 Å². The van der Waals surface area contributed by atoms with Crippen LogP contribution in [-0.2, 0) is 0 Å². The number of hydrogen-bond donors (Lipinski definition) is 2. The minimum atomic E-state index is -0.702. The maximum atomic E-state index is 13.2. The third-order valence-electron chi connectivity index (χ3n) is 1.81. The zero-order valence-corrected chi connectivity index (χ0v) is 8.88. The van der Waals surface area contributed by atoms with Gasteiger partial charge in [-0.05, 0) is 0 Å². The van der Waals surface area contributed by atoms with Crippen molar-refractivity contribution in [2.24, 2.45) is 5.73 Å². The van der Waals surface area contributed by atoms with Crippen molar-refractivity contribution >= 4 is 17.7 Å². The lowest BCUT2D eigenvalue weighted by Gasteiger charge is -2.09. The zero-order valence-electron chi connectivity index (χ0n) is 8.13. The van der Waals surface area contributed by atoms with Gasteiger partial charge in [-0.3, -0.25) is 0 Å². The lowest BCUT2D eigenvalue weighted by Crippen LogP contribution is -1.95. The Hall–Kier alpha value is -1.26. The highest BCUT2D eigenvalue weighted by molar-refractivity contribution is 6.32. The molecule has 0 saturated heterocycles. The molecule has 3 N–H and O–H groups in total. The summed E-state index contributed by atoms with van der Waals surface area (Å²) in [6, 6.07) is 0.904. The van der Waals surface area contributed by atoms with E-state index >= 15 is 0 Å². The van der Waals surface area contributed by atoms with Crippen LogP contribution in [0.1, 0.15) is 5.56 Å². The summed E-state index contributed by atoms with van der Waals surface area (Å²) in [7, 11) is 1.36. The third kappa shape index (κ3) is 2.40. The molecule has 0 amide bonds. The number of methoxy groups -OCH3 is 1. The number of hydrogen-bond acceptors (Lipinski definition) is 3. The van der Waals surface area contributed by atoms with E-state index in [1.54, 1.807) is 6.08 Å². The molecule has 0 bridgehead atoms. The summed E-state index contributed by atoms with van der Waals surface area (Å²) in [6.07, 6.45) is 3.09. The molecule has 0 radical (unpaired) electrons. The van der Waals surface area contributed by atoms with Crippen LogP contribution in [0.2, 0.25) is 5.02 Å². The number of ether oxygens (including phenoxy) is 1. The molecule has 1 rings (SSSR count). The maximum absolute atomic E-state index is 13.2. The Morgan fingerprint density at radius 2 is 2.33 bits per heavy atom. The average Bonchev–Trinajstić information content (AvgIpc) is 2.21. The number of phenols is 1. The predicted octanol–water partition coefficient (Wildman–Crippen LogP) is 2.17. The van der Waals surface area contributed by atoms with E-state index in [0.717, 1.165) is 6.07 Å². The molecular formula is C10H11ClFNO2. The van der Waals surface area contributed by atoms with Gasteiger partial charge in [0, 0.05) is 18.2 Å². The predicted molar refractivity (Wildman–Crippen MR) is 57.7 cm³/mol. The van der Waals surface area contributed by atoms with Crippen molar-refractivity contribution in [3.63, 3.8) is 0 Å². The van der Waals surface area contributed by atoms with Crippen molar-refractivity contribution < 1.29 is 14.2 Å². The number of phenolic OH excluding ortho intramolecular Hbond substituents is 1. The first-order valence-corrected chi connectivity index (χ1v) is 4.61. The monoisotopic (exact) mass is 231 g/mol. The molecular weight excluding hydrogens is 221 g/mol. The summed E-state index contributed by atoms with van der Waals surface area (Å²) in [5.41, 5.74) is 5.55. The van der Waals surface area contributed by atoms with Crippen molar-refractivity contribution in [1.82, 2.24) is 0 Å². The molecule has 0 atom stereocenters. The van der Waals surface area contributed by atoms with Gasteiger partial charge in [-0.25, -0.2) is 4.39 Å². The normalized spacial score (nSPS) is 10.9. The van der Waals surface area contributed by atoms with Crippen LogP contribution in [0, 0.1) is 5.82 Å². The van der Waals surface area contributed by atoms with Gasteiger partial charge in [-0.15, -0.1) is 0 Å². The Balaban J connectivity index is 3.36. The Bertz CT molecular complexity index is 393. The van der Waals surface area contributed by atoms with Crippen molar-refractivity contribution in [2.75, 3.05) is 13.7 Å². The molecule has 0 aromatic heterocycles. The second-order valence-electron chi connectivity index (χ2n) is 2.78. The average molecular weight is 232 g/mol. The summed E-state index contributed by atoms with van der Waals surface area (Å²) >= 11 is 5.73. The molecule has 0 unspecified atom stereocenters. The molecule has 15 heavy (non-hydrogen) atoms. The van der Waals surface area contributed by atoms with E-state index in [4.69, 9.17) is 22.1 Å². The maximum Gasteiger partial charge on any atom is 0.169 e. The second kappa shape index (κ2) is 5.00. The van der Waals surface area contributed by atoms with Crippen LogP contribution in [0.5, 0.6) is 11.5 Å². The lowest BCUT2D eigenvalue weighted by molar-refractivity contribution is 0.370. The van der Waals surface area contributed by atoms with E-state index < -0.39 is 5.82 Å². The van der Waals surface area contributed by atoms with E-state index in [2.05, 4.69) is 0 Å². The number of halogens is 2. The number of aromatic hydroxyl groups is 1. The molecule has 0 fully saturated rings. The van der Waals surface area contributed by atoms with Crippen LogP contribution in [0.4, 0.5) is 4.39 Å². The van der Waals surface area contributed by atoms with Crippen molar-refractivity contribution in [3.05, 3.63) is 28.5 Å². The van der Waals surface area contributed by atoms with Gasteiger partial charge < -0.3 is 15.6 Å². The molecule has 3 nitrogen and oxygen atoms in total. The molecule has 0 heterocycles. The number of rotatable bonds is 3. The highest BCUT2D eigenvalue weighted by Gasteiger charge is 2.15. The standard InChI is InChI=1S/C10H11ClFNO2/c1-15-10-6(3-2-4-13)9(11)7(12)5-8(10)14/h2-3,5,14H,4,13H2,1H3/b3-2+. The van der Waals surface area contributed by atoms with Crippen LogP contribution in [0.25, 0.3) is 6.08 Å². The molecule has 1 aromatic carbocycles. The van der Waals surface area contributed by atoms with Crippen LogP contribution in [-0.4, -0.2) is 18.8 Å². The third-order valence-corrected chi connectivity index (χ3v) is 2.20. The minimum Gasteiger partial charge on any atom is -0.504 e. The molecule has 0 aliphatic rings. The first kappa shape index (κ1) is 11.8. The highest BCUT2D eigenvalue weighted by Crippen LogP contribution is 2.37. The summed E-state index contributed by atoms with van der Waals surface area (Å²) in [5.74, 6) is -0.867. The fourth-order valence-corrected chi connectivity index (χ4v) is 1.37. The molecule has 82 valence electrons.